The van der Waals surface area contributed by atoms with Gasteiger partial charge in [0.1, 0.15) is 0 Å². The maximum Gasteiger partial charge on any atom is 0.304 e. The Kier molecular flexibility index (Phi) is 2.94. The van der Waals surface area contributed by atoms with Crippen LogP contribution in [0.1, 0.15) is 28.4 Å². The second-order valence-corrected chi connectivity index (χ2v) is 4.62. The number of rotatable bonds is 3. The minimum absolute atomic E-state index is 0.000388. The molecule has 0 saturated heterocycles. The number of para-hydroxylation sites is 1. The second-order valence-electron chi connectivity index (χ2n) is 4.62. The molecular weight excluding hydrogens is 260 g/mol. The molecule has 0 saturated carbocycles. The standard InChI is InChI=1S/C13H12N4O3/c18-12(19)5-8-7-17(11-4-2-1-3-9(8)11)13(20)10-6-14-16-15-10/h1-4,6,8H,5,7H2,(H,18,19)(H,14,15,16). The first-order chi connectivity index (χ1) is 9.66. The van der Waals surface area contributed by atoms with Gasteiger partial charge in [-0.3, -0.25) is 9.59 Å². The van der Waals surface area contributed by atoms with Crippen LogP contribution < -0.4 is 4.90 Å². The van der Waals surface area contributed by atoms with Crippen LogP contribution in [0.4, 0.5) is 5.69 Å². The van der Waals surface area contributed by atoms with Crippen molar-refractivity contribution in [2.45, 2.75) is 12.3 Å². The van der Waals surface area contributed by atoms with E-state index in [0.29, 0.717) is 6.54 Å². The van der Waals surface area contributed by atoms with Gasteiger partial charge in [0.25, 0.3) is 5.91 Å². The third-order valence-electron chi connectivity index (χ3n) is 3.37. The largest absolute Gasteiger partial charge is 0.481 e. The van der Waals surface area contributed by atoms with Crippen LogP contribution in [-0.4, -0.2) is 38.9 Å². The van der Waals surface area contributed by atoms with E-state index in [9.17, 15) is 9.59 Å². The number of hydrogen-bond donors (Lipinski definition) is 2. The highest BCUT2D eigenvalue weighted by molar-refractivity contribution is 6.06. The van der Waals surface area contributed by atoms with E-state index in [-0.39, 0.29) is 23.9 Å². The smallest absolute Gasteiger partial charge is 0.304 e. The third kappa shape index (κ3) is 2.03. The molecule has 7 nitrogen and oxygen atoms in total. The number of H-pyrrole nitrogens is 1. The van der Waals surface area contributed by atoms with Crippen molar-refractivity contribution in [3.63, 3.8) is 0 Å². The number of aromatic nitrogens is 3. The molecule has 2 heterocycles. The summed E-state index contributed by atoms with van der Waals surface area (Å²) in [6.45, 7) is 0.345. The van der Waals surface area contributed by atoms with Gasteiger partial charge in [-0.2, -0.15) is 15.4 Å². The fourth-order valence-corrected chi connectivity index (χ4v) is 2.52. The molecule has 102 valence electrons. The van der Waals surface area contributed by atoms with Gasteiger partial charge in [-0.25, -0.2) is 0 Å². The molecule has 0 aliphatic carbocycles. The number of aromatic amines is 1. The van der Waals surface area contributed by atoms with E-state index in [4.69, 9.17) is 5.11 Å². The number of carboxylic acids is 1. The molecule has 20 heavy (non-hydrogen) atoms. The summed E-state index contributed by atoms with van der Waals surface area (Å²) >= 11 is 0. The van der Waals surface area contributed by atoms with Gasteiger partial charge in [-0.05, 0) is 11.6 Å². The summed E-state index contributed by atoms with van der Waals surface area (Å²) < 4.78 is 0. The zero-order valence-electron chi connectivity index (χ0n) is 10.5. The van der Waals surface area contributed by atoms with Crippen molar-refractivity contribution < 1.29 is 14.7 Å². The Morgan fingerprint density at radius 3 is 2.90 bits per heavy atom. The normalized spacial score (nSPS) is 17.0. The number of carboxylic acid groups (broad SMARTS) is 1. The van der Waals surface area contributed by atoms with Gasteiger partial charge in [0.15, 0.2) is 5.69 Å². The zero-order valence-corrected chi connectivity index (χ0v) is 10.5. The summed E-state index contributed by atoms with van der Waals surface area (Å²) in [4.78, 5) is 24.9. The first-order valence-electron chi connectivity index (χ1n) is 6.15. The molecule has 0 spiro atoms. The first kappa shape index (κ1) is 12.3. The molecule has 1 amide bonds. The van der Waals surface area contributed by atoms with E-state index in [1.165, 1.54) is 6.20 Å². The molecule has 1 aliphatic rings. The van der Waals surface area contributed by atoms with E-state index in [1.54, 1.807) is 4.90 Å². The Labute approximate surface area is 114 Å². The second kappa shape index (κ2) is 4.76. The van der Waals surface area contributed by atoms with Crippen LogP contribution in [0.5, 0.6) is 0 Å². The molecule has 1 atom stereocenters. The highest BCUT2D eigenvalue weighted by Gasteiger charge is 2.34. The Hall–Kier alpha value is -2.70. The molecule has 3 rings (SSSR count). The highest BCUT2D eigenvalue weighted by Crippen LogP contribution is 2.38. The van der Waals surface area contributed by atoms with E-state index in [2.05, 4.69) is 15.4 Å². The number of carbonyl (C=O) groups excluding carboxylic acids is 1. The summed E-state index contributed by atoms with van der Waals surface area (Å²) in [5.41, 5.74) is 1.84. The maximum atomic E-state index is 12.4. The molecule has 0 bridgehead atoms. The number of hydrogen-bond acceptors (Lipinski definition) is 4. The van der Waals surface area contributed by atoms with Crippen LogP contribution in [0.2, 0.25) is 0 Å². The van der Waals surface area contributed by atoms with Gasteiger partial charge in [0.2, 0.25) is 0 Å². The van der Waals surface area contributed by atoms with Gasteiger partial charge in [-0.15, -0.1) is 0 Å². The van der Waals surface area contributed by atoms with Crippen LogP contribution >= 0.6 is 0 Å². The molecule has 0 fully saturated rings. The van der Waals surface area contributed by atoms with Crippen LogP contribution in [-0.2, 0) is 4.79 Å². The van der Waals surface area contributed by atoms with Crippen molar-refractivity contribution in [1.82, 2.24) is 15.4 Å². The molecule has 2 aromatic rings. The average molecular weight is 272 g/mol. The Balaban J connectivity index is 1.94. The monoisotopic (exact) mass is 272 g/mol. The number of carbonyl (C=O) groups is 2. The molecule has 1 aromatic heterocycles. The molecule has 1 aliphatic heterocycles. The number of fused-ring (bicyclic) bond motifs is 1. The first-order valence-corrected chi connectivity index (χ1v) is 6.15. The lowest BCUT2D eigenvalue weighted by atomic mass is 9.98. The number of nitrogens with one attached hydrogen (secondary N) is 1. The van der Waals surface area contributed by atoms with Crippen molar-refractivity contribution in [1.29, 1.82) is 0 Å². The number of amides is 1. The van der Waals surface area contributed by atoms with Crippen molar-refractivity contribution in [3.05, 3.63) is 41.7 Å². The summed E-state index contributed by atoms with van der Waals surface area (Å²) in [5, 5.41) is 18.8. The Morgan fingerprint density at radius 1 is 1.40 bits per heavy atom. The van der Waals surface area contributed by atoms with Gasteiger partial charge in [-0.1, -0.05) is 18.2 Å². The number of anilines is 1. The van der Waals surface area contributed by atoms with Crippen molar-refractivity contribution >= 4 is 17.6 Å². The summed E-state index contributed by atoms with van der Waals surface area (Å²) in [7, 11) is 0. The molecule has 7 heteroatoms. The SMILES string of the molecule is O=C(O)CC1CN(C(=O)c2cn[nH]n2)c2ccccc21. The predicted molar refractivity (Wildman–Crippen MR) is 69.5 cm³/mol. The minimum atomic E-state index is -0.875. The summed E-state index contributed by atoms with van der Waals surface area (Å²) in [6.07, 6.45) is 1.36. The number of benzene rings is 1. The van der Waals surface area contributed by atoms with Crippen LogP contribution in [0.15, 0.2) is 30.5 Å². The van der Waals surface area contributed by atoms with Gasteiger partial charge >= 0.3 is 5.97 Å². The van der Waals surface area contributed by atoms with Crippen LogP contribution in [0.25, 0.3) is 0 Å². The quantitative estimate of drug-likeness (QED) is 0.869. The lowest BCUT2D eigenvalue weighted by Gasteiger charge is -2.15. The predicted octanol–water partition coefficient (Wildman–Crippen LogP) is 1.02. The molecule has 1 unspecified atom stereocenters. The molecular formula is C13H12N4O3. The van der Waals surface area contributed by atoms with Gasteiger partial charge < -0.3 is 10.0 Å². The van der Waals surface area contributed by atoms with Crippen molar-refractivity contribution in [2.75, 3.05) is 11.4 Å². The Morgan fingerprint density at radius 2 is 2.20 bits per heavy atom. The molecule has 1 aromatic carbocycles. The average Bonchev–Trinajstić information content (AvgIpc) is 3.06. The van der Waals surface area contributed by atoms with Crippen molar-refractivity contribution in [3.8, 4) is 0 Å². The number of nitrogens with zero attached hydrogens (tertiary/aromatic N) is 3. The van der Waals surface area contributed by atoms with Crippen LogP contribution in [0, 0.1) is 0 Å². The van der Waals surface area contributed by atoms with Crippen molar-refractivity contribution in [2.24, 2.45) is 0 Å². The zero-order chi connectivity index (χ0) is 14.1. The van der Waals surface area contributed by atoms with E-state index < -0.39 is 5.97 Å². The molecule has 2 N–H and O–H groups in total. The maximum absolute atomic E-state index is 12.4. The fraction of sp³-hybridized carbons (Fsp3) is 0.231. The topological polar surface area (TPSA) is 99.2 Å². The Bertz CT molecular complexity index is 653. The molecule has 0 radical (unpaired) electrons. The summed E-state index contributed by atoms with van der Waals surface area (Å²) in [6, 6.07) is 7.34. The third-order valence-corrected chi connectivity index (χ3v) is 3.37. The van der Waals surface area contributed by atoms with Gasteiger partial charge in [0.05, 0.1) is 12.6 Å². The number of aliphatic carboxylic acids is 1. The van der Waals surface area contributed by atoms with Crippen LogP contribution in [0.3, 0.4) is 0 Å². The lowest BCUT2D eigenvalue weighted by molar-refractivity contribution is -0.137. The van der Waals surface area contributed by atoms with Gasteiger partial charge in [0, 0.05) is 18.2 Å². The van der Waals surface area contributed by atoms with E-state index >= 15 is 0 Å². The summed E-state index contributed by atoms with van der Waals surface area (Å²) in [5.74, 6) is -1.35. The van der Waals surface area contributed by atoms with E-state index in [1.807, 2.05) is 24.3 Å². The van der Waals surface area contributed by atoms with E-state index in [0.717, 1.165) is 11.3 Å². The fourth-order valence-electron chi connectivity index (χ4n) is 2.52. The highest BCUT2D eigenvalue weighted by atomic mass is 16.4. The minimum Gasteiger partial charge on any atom is -0.481 e. The lowest BCUT2D eigenvalue weighted by Crippen LogP contribution is -2.30.